The lowest BCUT2D eigenvalue weighted by atomic mass is 10.3. The molecule has 0 fully saturated rings. The Labute approximate surface area is 165 Å². The highest BCUT2D eigenvalue weighted by atomic mass is 35.5. The van der Waals surface area contributed by atoms with Crippen molar-refractivity contribution in [3.8, 4) is 11.5 Å². The number of rotatable bonds is 5. The minimum absolute atomic E-state index is 0.288. The molecule has 2 unspecified atom stereocenters. The predicted octanol–water partition coefficient (Wildman–Crippen LogP) is 4.31. The van der Waals surface area contributed by atoms with E-state index in [4.69, 9.17) is 22.6 Å². The number of halogens is 7. The van der Waals surface area contributed by atoms with Gasteiger partial charge < -0.3 is 10.6 Å². The zero-order valence-corrected chi connectivity index (χ0v) is 13.4. The Morgan fingerprint density at radius 3 is 2.26 bits per heavy atom. The van der Waals surface area contributed by atoms with Gasteiger partial charge in [-0.2, -0.15) is 41.3 Å². The molecule has 0 bridgehead atoms. The average Bonchev–Trinajstić information content (AvgIpc) is 2.64. The lowest BCUT2D eigenvalue weighted by Gasteiger charge is -2.20. The number of hydrogen-bond acceptors (Lipinski definition) is 6. The van der Waals surface area contributed by atoms with Gasteiger partial charge in [0.1, 0.15) is 22.9 Å². The zero-order valence-electron chi connectivity index (χ0n) is 20.7. The van der Waals surface area contributed by atoms with Crippen LogP contribution < -0.4 is 10.6 Å². The molecule has 0 aliphatic carbocycles. The minimum atomic E-state index is -5.78. The Morgan fingerprint density at radius 2 is 1.70 bits per heavy atom. The molecule has 2 aromatic heterocycles. The van der Waals surface area contributed by atoms with E-state index in [1.54, 1.807) is 0 Å². The molecular formula is C14H13ClF6N6. The molecule has 2 heterocycles. The van der Waals surface area contributed by atoms with Gasteiger partial charge in [-0.05, 0) is 25.8 Å². The summed E-state index contributed by atoms with van der Waals surface area (Å²) in [6, 6.07) is -6.12. The van der Waals surface area contributed by atoms with E-state index in [0.717, 1.165) is 12.1 Å². The van der Waals surface area contributed by atoms with Crippen molar-refractivity contribution in [3.05, 3.63) is 23.3 Å². The van der Waals surface area contributed by atoms with Gasteiger partial charge in [-0.3, -0.25) is 0 Å². The Kier molecular flexibility index (Phi) is 3.47. The molecule has 2 atom stereocenters. The summed E-state index contributed by atoms with van der Waals surface area (Å²) in [6.45, 7) is -7.83. The smallest absolute Gasteiger partial charge is 0.343 e. The van der Waals surface area contributed by atoms with Crippen LogP contribution >= 0.6 is 11.6 Å². The van der Waals surface area contributed by atoms with Crippen molar-refractivity contribution >= 4 is 23.5 Å². The summed E-state index contributed by atoms with van der Waals surface area (Å²) in [4.78, 5) is 13.8. The zero-order chi connectivity index (χ0) is 27.2. The molecule has 0 aliphatic heterocycles. The van der Waals surface area contributed by atoms with Crippen LogP contribution in [0.1, 0.15) is 24.7 Å². The van der Waals surface area contributed by atoms with Crippen LogP contribution in [0.2, 0.25) is 5.15 Å². The first-order valence-electron chi connectivity index (χ1n) is 10.6. The van der Waals surface area contributed by atoms with E-state index in [0.29, 0.717) is 0 Å². The number of pyridine rings is 1. The van der Waals surface area contributed by atoms with E-state index in [2.05, 4.69) is 19.9 Å². The second kappa shape index (κ2) is 7.71. The van der Waals surface area contributed by atoms with E-state index in [-0.39, 0.29) is 5.15 Å². The first kappa shape index (κ1) is 12.2. The third-order valence-corrected chi connectivity index (χ3v) is 2.84. The fraction of sp³-hybridized carbons (Fsp3) is 0.429. The summed E-state index contributed by atoms with van der Waals surface area (Å²) in [5.41, 5.74) is -0.583. The van der Waals surface area contributed by atoms with Crippen molar-refractivity contribution < 1.29 is 37.3 Å². The summed E-state index contributed by atoms with van der Waals surface area (Å²) < 4.78 is 138. The number of nitrogens with one attached hydrogen (secondary N) is 2. The van der Waals surface area contributed by atoms with E-state index in [1.807, 2.05) is 0 Å². The molecule has 2 rings (SSSR count). The number of aromatic nitrogens is 4. The number of nitrogens with zero attached hydrogens (tertiary/aromatic N) is 4. The van der Waals surface area contributed by atoms with E-state index < -0.39 is 67.6 Å². The van der Waals surface area contributed by atoms with Crippen LogP contribution in [-0.4, -0.2) is 44.3 Å². The van der Waals surface area contributed by atoms with Crippen LogP contribution in [0.25, 0.3) is 11.5 Å². The fourth-order valence-corrected chi connectivity index (χ4v) is 1.62. The Morgan fingerprint density at radius 1 is 1.04 bits per heavy atom. The van der Waals surface area contributed by atoms with Crippen molar-refractivity contribution in [1.82, 2.24) is 19.9 Å². The third-order valence-electron chi connectivity index (χ3n) is 2.63. The summed E-state index contributed by atoms with van der Waals surface area (Å²) in [7, 11) is 0. The molecule has 0 aromatic carbocycles. The molecule has 2 N–H and O–H groups in total. The average molecular weight is 423 g/mol. The maximum Gasteiger partial charge on any atom is 0.408 e. The van der Waals surface area contributed by atoms with Gasteiger partial charge in [0.25, 0.3) is 0 Å². The Bertz CT molecular complexity index is 1050. The molecule has 0 saturated carbocycles. The monoisotopic (exact) mass is 422 g/mol. The van der Waals surface area contributed by atoms with Gasteiger partial charge in [0.05, 0.1) is 2.74 Å². The number of hydrogen-bond donors (Lipinski definition) is 2. The normalized spacial score (nSPS) is 21.0. The van der Waals surface area contributed by atoms with Crippen LogP contribution in [0, 0.1) is 0 Å². The largest absolute Gasteiger partial charge is 0.408 e. The van der Waals surface area contributed by atoms with E-state index in [1.165, 1.54) is 10.6 Å². The van der Waals surface area contributed by atoms with E-state index in [9.17, 15) is 26.3 Å². The molecule has 0 radical (unpaired) electrons. The Balaban J connectivity index is 2.74. The fourth-order valence-electron chi connectivity index (χ4n) is 1.48. The molecule has 2 aromatic rings. The topological polar surface area (TPSA) is 75.6 Å². The molecule has 0 aliphatic rings. The predicted molar refractivity (Wildman–Crippen MR) is 86.3 cm³/mol. The highest BCUT2D eigenvalue weighted by Crippen LogP contribution is 2.26. The minimum Gasteiger partial charge on any atom is -0.343 e. The molecule has 0 amide bonds. The van der Waals surface area contributed by atoms with Gasteiger partial charge >= 0.3 is 12.4 Å². The van der Waals surface area contributed by atoms with Gasteiger partial charge in [0, 0.05) is 8.22 Å². The van der Waals surface area contributed by atoms with Crippen LogP contribution in [-0.2, 0) is 0 Å². The van der Waals surface area contributed by atoms with Gasteiger partial charge in [-0.15, -0.1) is 0 Å². The number of anilines is 2. The SMILES string of the molecule is [2H]c1ccc(Cl)nc1-c1nc(NC(C([2H])([2H])[2H])C(F)(F)F)nc(NC([2H])(C([2H])([2H])[2H])C(F)(F)F)n1. The third kappa shape index (κ3) is 5.81. The van der Waals surface area contributed by atoms with Gasteiger partial charge in [0.15, 0.2) is 5.82 Å². The van der Waals surface area contributed by atoms with Gasteiger partial charge in [-0.1, -0.05) is 17.7 Å². The highest BCUT2D eigenvalue weighted by molar-refractivity contribution is 6.29. The van der Waals surface area contributed by atoms with Crippen molar-refractivity contribution in [1.29, 1.82) is 0 Å². The maximum atomic E-state index is 13.5. The summed E-state index contributed by atoms with van der Waals surface area (Å²) in [6.07, 6.45) is -11.2. The van der Waals surface area contributed by atoms with Crippen LogP contribution in [0.5, 0.6) is 0 Å². The Hall–Kier alpha value is -2.37. The molecule has 27 heavy (non-hydrogen) atoms. The van der Waals surface area contributed by atoms with Crippen molar-refractivity contribution in [2.24, 2.45) is 0 Å². The lowest BCUT2D eigenvalue weighted by Crippen LogP contribution is -2.35. The van der Waals surface area contributed by atoms with E-state index >= 15 is 0 Å². The summed E-state index contributed by atoms with van der Waals surface area (Å²) >= 11 is 5.70. The van der Waals surface area contributed by atoms with Gasteiger partial charge in [0.2, 0.25) is 11.9 Å². The quantitative estimate of drug-likeness (QED) is 0.552. The summed E-state index contributed by atoms with van der Waals surface area (Å²) in [5.74, 6) is -3.53. The molecular weight excluding hydrogens is 402 g/mol. The number of alkyl halides is 6. The summed E-state index contributed by atoms with van der Waals surface area (Å²) in [5, 5.41) is 2.33. The second-order valence-electron chi connectivity index (χ2n) is 4.68. The van der Waals surface area contributed by atoms with Crippen molar-refractivity contribution in [2.75, 3.05) is 10.6 Å². The van der Waals surface area contributed by atoms with Crippen LogP contribution in [0.4, 0.5) is 38.2 Å². The highest BCUT2D eigenvalue weighted by Gasteiger charge is 2.38. The van der Waals surface area contributed by atoms with Crippen LogP contribution in [0.15, 0.2) is 18.2 Å². The maximum absolute atomic E-state index is 13.5. The molecule has 0 saturated heterocycles. The second-order valence-corrected chi connectivity index (χ2v) is 5.07. The first-order valence-corrected chi connectivity index (χ1v) is 7.02. The molecule has 148 valence electrons. The van der Waals surface area contributed by atoms with Gasteiger partial charge in [-0.25, -0.2) is 4.98 Å². The first-order chi connectivity index (χ1) is 15.6. The van der Waals surface area contributed by atoms with Crippen LogP contribution in [0.3, 0.4) is 0 Å². The molecule has 0 spiro atoms. The van der Waals surface area contributed by atoms with Crippen molar-refractivity contribution in [3.63, 3.8) is 0 Å². The standard InChI is InChI=1S/C14H13ClF6N6/c1-6(13(16,17)18)22-11-25-10(8-4-3-5-9(15)24-8)26-12(27-11)23-7(2)14(19,20)21/h3-7H,1-2H3,(H2,22,23,25,26,27)/i1D3,2D3,4D,6D. The molecule has 13 heteroatoms. The lowest BCUT2D eigenvalue weighted by molar-refractivity contribution is -0.139. The van der Waals surface area contributed by atoms with Crippen molar-refractivity contribution in [2.45, 2.75) is 38.1 Å². The molecule has 6 nitrogen and oxygen atoms in total.